The van der Waals surface area contributed by atoms with Crippen LogP contribution in [0.2, 0.25) is 0 Å². The second-order valence-corrected chi connectivity index (χ2v) is 6.08. The normalized spacial score (nSPS) is 11.4. The average Bonchev–Trinajstić information content (AvgIpc) is 2.64. The number of nitro benzene ring substituents is 1. The van der Waals surface area contributed by atoms with Crippen molar-refractivity contribution in [3.05, 3.63) is 63.5 Å². The van der Waals surface area contributed by atoms with Gasteiger partial charge in [-0.2, -0.15) is 0 Å². The molecule has 28 heavy (non-hydrogen) atoms. The highest BCUT2D eigenvalue weighted by Crippen LogP contribution is 2.27. The first-order valence-electron chi connectivity index (χ1n) is 8.31. The average molecular weight is 390 g/mol. The molecule has 1 N–H and O–H groups in total. The fourth-order valence-corrected chi connectivity index (χ4v) is 2.26. The van der Waals surface area contributed by atoms with E-state index in [0.717, 1.165) is 5.56 Å². The minimum atomic E-state index is -1.03. The van der Waals surface area contributed by atoms with Crippen LogP contribution < -0.4 is 10.1 Å². The van der Waals surface area contributed by atoms with Gasteiger partial charge in [-0.1, -0.05) is 0 Å². The lowest BCUT2D eigenvalue weighted by molar-refractivity contribution is -0.384. The smallest absolute Gasteiger partial charge is 0.347 e. The molecule has 0 bridgehead atoms. The summed E-state index contributed by atoms with van der Waals surface area (Å²) in [6, 6.07) is 7.90. The summed E-state index contributed by atoms with van der Waals surface area (Å²) in [5.41, 5.74) is 1.24. The number of amides is 1. The number of rotatable bonds is 7. The van der Waals surface area contributed by atoms with E-state index >= 15 is 0 Å². The molecule has 2 aromatic carbocycles. The Kier molecular flexibility index (Phi) is 6.64. The summed E-state index contributed by atoms with van der Waals surface area (Å²) in [5.74, 6) is -1.72. The van der Waals surface area contributed by atoms with Crippen molar-refractivity contribution in [2.45, 2.75) is 26.9 Å². The summed E-state index contributed by atoms with van der Waals surface area (Å²) < 4.78 is 23.0. The number of nitrogens with one attached hydrogen (secondary N) is 1. The number of anilines is 1. The van der Waals surface area contributed by atoms with Crippen molar-refractivity contribution in [3.8, 4) is 5.75 Å². The summed E-state index contributed by atoms with van der Waals surface area (Å²) in [7, 11) is 0. The van der Waals surface area contributed by atoms with E-state index in [1.54, 1.807) is 13.8 Å². The molecule has 2 aromatic rings. The van der Waals surface area contributed by atoms with Crippen molar-refractivity contribution in [1.29, 1.82) is 0 Å². The Labute approximate surface area is 160 Å². The summed E-state index contributed by atoms with van der Waals surface area (Å²) in [6.07, 6.45) is -1.03. The monoisotopic (exact) mass is 390 g/mol. The Balaban J connectivity index is 1.93. The third-order valence-electron chi connectivity index (χ3n) is 3.89. The number of hydrogen-bond donors (Lipinski definition) is 1. The van der Waals surface area contributed by atoms with Gasteiger partial charge in [0.2, 0.25) is 0 Å². The van der Waals surface area contributed by atoms with Gasteiger partial charge in [0.1, 0.15) is 17.3 Å². The van der Waals surface area contributed by atoms with Crippen molar-refractivity contribution in [2.24, 2.45) is 0 Å². The third-order valence-corrected chi connectivity index (χ3v) is 3.89. The molecule has 0 aromatic heterocycles. The number of ether oxygens (including phenoxy) is 2. The first kappa shape index (κ1) is 20.8. The Morgan fingerprint density at radius 2 is 1.79 bits per heavy atom. The van der Waals surface area contributed by atoms with Gasteiger partial charge in [0.15, 0.2) is 12.7 Å². The number of nitrogens with zero attached hydrogens (tertiary/aromatic N) is 1. The number of aryl methyl sites for hydroxylation is 2. The molecule has 2 rings (SSSR count). The van der Waals surface area contributed by atoms with Crippen molar-refractivity contribution in [3.63, 3.8) is 0 Å². The van der Waals surface area contributed by atoms with Crippen LogP contribution in [0.3, 0.4) is 0 Å². The third kappa shape index (κ3) is 5.50. The predicted octanol–water partition coefficient (Wildman–Crippen LogP) is 3.30. The van der Waals surface area contributed by atoms with Crippen LogP contribution in [-0.4, -0.2) is 29.5 Å². The van der Waals surface area contributed by atoms with Gasteiger partial charge in [-0.25, -0.2) is 9.18 Å². The van der Waals surface area contributed by atoms with E-state index in [2.05, 4.69) is 5.32 Å². The van der Waals surface area contributed by atoms with Gasteiger partial charge >= 0.3 is 5.97 Å². The van der Waals surface area contributed by atoms with Crippen LogP contribution in [0.5, 0.6) is 5.75 Å². The van der Waals surface area contributed by atoms with E-state index in [1.807, 2.05) is 0 Å². The lowest BCUT2D eigenvalue weighted by Crippen LogP contribution is -2.29. The maximum Gasteiger partial charge on any atom is 0.347 e. The van der Waals surface area contributed by atoms with Gasteiger partial charge in [0, 0.05) is 6.07 Å². The van der Waals surface area contributed by atoms with Gasteiger partial charge in [-0.15, -0.1) is 0 Å². The van der Waals surface area contributed by atoms with Gasteiger partial charge in [0.25, 0.3) is 11.6 Å². The number of hydrogen-bond acceptors (Lipinski definition) is 6. The van der Waals surface area contributed by atoms with Crippen LogP contribution in [0.4, 0.5) is 15.8 Å². The van der Waals surface area contributed by atoms with Gasteiger partial charge < -0.3 is 14.8 Å². The maximum absolute atomic E-state index is 12.9. The molecule has 0 saturated heterocycles. The SMILES string of the molecule is Cc1cc(NC(=O)COC(=O)[C@@H](C)Oc2ccc(F)cc2)c([N+](=O)[O-])cc1C. The summed E-state index contributed by atoms with van der Waals surface area (Å²) in [6.45, 7) is 4.25. The summed E-state index contributed by atoms with van der Waals surface area (Å²) >= 11 is 0. The number of esters is 1. The first-order valence-corrected chi connectivity index (χ1v) is 8.31. The molecule has 0 spiro atoms. The van der Waals surface area contributed by atoms with Crippen molar-refractivity contribution in [2.75, 3.05) is 11.9 Å². The van der Waals surface area contributed by atoms with Crippen molar-refractivity contribution in [1.82, 2.24) is 0 Å². The van der Waals surface area contributed by atoms with Crippen LogP contribution in [-0.2, 0) is 14.3 Å². The molecule has 0 aliphatic carbocycles. The van der Waals surface area contributed by atoms with Crippen LogP contribution in [0.1, 0.15) is 18.1 Å². The number of halogens is 1. The molecule has 0 aliphatic heterocycles. The van der Waals surface area contributed by atoms with E-state index in [-0.39, 0.29) is 17.1 Å². The Morgan fingerprint density at radius 1 is 1.18 bits per heavy atom. The number of nitro groups is 1. The molecule has 148 valence electrons. The Morgan fingerprint density at radius 3 is 2.39 bits per heavy atom. The largest absolute Gasteiger partial charge is 0.479 e. The second kappa shape index (κ2) is 8.94. The number of carbonyl (C=O) groups is 2. The van der Waals surface area contributed by atoms with E-state index in [9.17, 15) is 24.1 Å². The number of carbonyl (C=O) groups excluding carboxylic acids is 2. The highest BCUT2D eigenvalue weighted by atomic mass is 19.1. The molecule has 0 unspecified atom stereocenters. The minimum Gasteiger partial charge on any atom is -0.479 e. The topological polar surface area (TPSA) is 108 Å². The van der Waals surface area contributed by atoms with Gasteiger partial charge in [-0.3, -0.25) is 14.9 Å². The van der Waals surface area contributed by atoms with Crippen LogP contribution >= 0.6 is 0 Å². The molecular formula is C19H19FN2O6. The quantitative estimate of drug-likeness (QED) is 0.441. The van der Waals surface area contributed by atoms with Crippen molar-refractivity contribution >= 4 is 23.3 Å². The zero-order valence-corrected chi connectivity index (χ0v) is 15.5. The lowest BCUT2D eigenvalue weighted by Gasteiger charge is -2.14. The highest BCUT2D eigenvalue weighted by molar-refractivity contribution is 5.95. The van der Waals surface area contributed by atoms with Crippen LogP contribution in [0.25, 0.3) is 0 Å². The molecular weight excluding hydrogens is 371 g/mol. The first-order chi connectivity index (χ1) is 13.2. The zero-order chi connectivity index (χ0) is 20.8. The minimum absolute atomic E-state index is 0.0183. The van der Waals surface area contributed by atoms with E-state index in [1.165, 1.54) is 43.3 Å². The molecule has 0 aliphatic rings. The molecule has 1 atom stereocenters. The fourth-order valence-electron chi connectivity index (χ4n) is 2.26. The molecule has 0 fully saturated rings. The van der Waals surface area contributed by atoms with Gasteiger partial charge in [0.05, 0.1) is 4.92 Å². The van der Waals surface area contributed by atoms with Crippen molar-refractivity contribution < 1.29 is 28.4 Å². The summed E-state index contributed by atoms with van der Waals surface area (Å²) in [4.78, 5) is 34.5. The van der Waals surface area contributed by atoms with Crippen LogP contribution in [0.15, 0.2) is 36.4 Å². The van der Waals surface area contributed by atoms with Gasteiger partial charge in [-0.05, 0) is 62.2 Å². The fraction of sp³-hybridized carbons (Fsp3) is 0.263. The van der Waals surface area contributed by atoms with E-state index < -0.39 is 35.3 Å². The maximum atomic E-state index is 12.9. The molecule has 9 heteroatoms. The van der Waals surface area contributed by atoms with E-state index in [0.29, 0.717) is 5.56 Å². The summed E-state index contributed by atoms with van der Waals surface area (Å²) in [5, 5.41) is 13.5. The highest BCUT2D eigenvalue weighted by Gasteiger charge is 2.20. The Hall–Kier alpha value is -3.49. The zero-order valence-electron chi connectivity index (χ0n) is 15.5. The predicted molar refractivity (Wildman–Crippen MR) is 98.6 cm³/mol. The molecule has 0 radical (unpaired) electrons. The van der Waals surface area contributed by atoms with E-state index in [4.69, 9.17) is 9.47 Å². The standard InChI is InChI=1S/C19H19FN2O6/c1-11-8-16(17(22(25)26)9-12(11)2)21-18(23)10-27-19(24)13(3)28-15-6-4-14(20)5-7-15/h4-9,13H,10H2,1-3H3,(H,21,23)/t13-/m1/s1. The molecule has 8 nitrogen and oxygen atoms in total. The number of benzene rings is 2. The van der Waals surface area contributed by atoms with Crippen LogP contribution in [0, 0.1) is 29.8 Å². The second-order valence-electron chi connectivity index (χ2n) is 6.08. The molecule has 0 saturated carbocycles. The molecule has 0 heterocycles. The molecule has 1 amide bonds. The lowest BCUT2D eigenvalue weighted by atomic mass is 10.1. The Bertz CT molecular complexity index is 898.